The zero-order chi connectivity index (χ0) is 12.0. The Kier molecular flexibility index (Phi) is 5.16. The molecule has 1 unspecified atom stereocenters. The molecule has 0 aliphatic carbocycles. The van der Waals surface area contributed by atoms with Crippen LogP contribution < -0.4 is 5.73 Å². The van der Waals surface area contributed by atoms with Crippen LogP contribution in [0, 0.1) is 0 Å². The summed E-state index contributed by atoms with van der Waals surface area (Å²) < 4.78 is 10.6. The average molecular weight is 244 g/mol. The third-order valence-electron chi connectivity index (χ3n) is 2.52. The van der Waals surface area contributed by atoms with E-state index in [0.717, 1.165) is 12.8 Å². The van der Waals surface area contributed by atoms with E-state index in [4.69, 9.17) is 9.79 Å². The van der Waals surface area contributed by atoms with Gasteiger partial charge in [0.1, 0.15) is 6.04 Å². The largest absolute Gasteiger partial charge is 0.351 e. The van der Waals surface area contributed by atoms with E-state index in [9.17, 15) is 4.57 Å². The zero-order valence-electron chi connectivity index (χ0n) is 9.25. The van der Waals surface area contributed by atoms with E-state index in [1.54, 1.807) is 0 Å². The first-order chi connectivity index (χ1) is 7.49. The van der Waals surface area contributed by atoms with Gasteiger partial charge in [0.15, 0.2) is 0 Å². The maximum atomic E-state index is 10.6. The molecule has 0 fully saturated rings. The number of hydrogen-bond acceptors (Lipinski definition) is 1. The third kappa shape index (κ3) is 5.42. The standard InChI is InChI=1S/C11H18NO3P/c12-11(10-6-2-1-3-7-10)8-4-5-9-16(13,14)15/h1-3,6-7,11H,4-5,8-9,12H2,(H2,13,14,15)/p+1. The first kappa shape index (κ1) is 13.4. The molecule has 0 aliphatic rings. The lowest BCUT2D eigenvalue weighted by molar-refractivity contribution is -0.428. The van der Waals surface area contributed by atoms with Crippen molar-refractivity contribution in [1.29, 1.82) is 0 Å². The van der Waals surface area contributed by atoms with Crippen molar-refractivity contribution in [2.24, 2.45) is 0 Å². The van der Waals surface area contributed by atoms with Crippen LogP contribution in [0.5, 0.6) is 0 Å². The number of hydrogen-bond donors (Lipinski definition) is 3. The number of quaternary nitrogens is 1. The Bertz CT molecular complexity index is 350. The van der Waals surface area contributed by atoms with Crippen LogP contribution in [-0.2, 0) is 4.57 Å². The second-order valence-electron chi connectivity index (χ2n) is 3.99. The summed E-state index contributed by atoms with van der Waals surface area (Å²) in [5.41, 5.74) is 5.23. The molecule has 0 saturated carbocycles. The van der Waals surface area contributed by atoms with E-state index in [-0.39, 0.29) is 12.2 Å². The van der Waals surface area contributed by atoms with Gasteiger partial charge in [-0.1, -0.05) is 30.3 Å². The minimum Gasteiger partial charge on any atom is -0.351 e. The van der Waals surface area contributed by atoms with Crippen molar-refractivity contribution < 1.29 is 20.1 Å². The van der Waals surface area contributed by atoms with Crippen molar-refractivity contribution in [3.8, 4) is 0 Å². The smallest absolute Gasteiger partial charge is 0.325 e. The molecule has 0 spiro atoms. The molecule has 1 rings (SSSR count). The molecular formula is C11H19NO3P+. The quantitative estimate of drug-likeness (QED) is 0.521. The minimum absolute atomic E-state index is 0.0193. The summed E-state index contributed by atoms with van der Waals surface area (Å²) in [4.78, 5) is 17.4. The van der Waals surface area contributed by atoms with Crippen LogP contribution >= 0.6 is 7.60 Å². The lowest BCUT2D eigenvalue weighted by Crippen LogP contribution is -2.53. The second-order valence-corrected chi connectivity index (χ2v) is 5.77. The Balaban J connectivity index is 2.26. The van der Waals surface area contributed by atoms with Crippen molar-refractivity contribution in [3.05, 3.63) is 35.9 Å². The van der Waals surface area contributed by atoms with Gasteiger partial charge in [-0.2, -0.15) is 0 Å². The third-order valence-corrected chi connectivity index (χ3v) is 3.42. The van der Waals surface area contributed by atoms with E-state index in [0.29, 0.717) is 6.42 Å². The highest BCUT2D eigenvalue weighted by molar-refractivity contribution is 7.51. The number of benzene rings is 1. The zero-order valence-corrected chi connectivity index (χ0v) is 10.1. The molecule has 0 bridgehead atoms. The molecule has 4 nitrogen and oxygen atoms in total. The SMILES string of the molecule is [NH3+]C(CCCCP(=O)(O)O)c1ccccc1. The van der Waals surface area contributed by atoms with E-state index >= 15 is 0 Å². The summed E-state index contributed by atoms with van der Waals surface area (Å²) in [6.45, 7) is 0. The molecule has 1 atom stereocenters. The average Bonchev–Trinajstić information content (AvgIpc) is 2.24. The fourth-order valence-electron chi connectivity index (χ4n) is 1.60. The van der Waals surface area contributed by atoms with E-state index < -0.39 is 7.60 Å². The van der Waals surface area contributed by atoms with Crippen molar-refractivity contribution in [1.82, 2.24) is 0 Å². The lowest BCUT2D eigenvalue weighted by Gasteiger charge is -2.08. The van der Waals surface area contributed by atoms with Crippen molar-refractivity contribution in [2.45, 2.75) is 25.3 Å². The van der Waals surface area contributed by atoms with Gasteiger partial charge >= 0.3 is 7.60 Å². The lowest BCUT2D eigenvalue weighted by atomic mass is 10.0. The molecule has 16 heavy (non-hydrogen) atoms. The number of rotatable bonds is 6. The van der Waals surface area contributed by atoms with Crippen LogP contribution in [-0.4, -0.2) is 15.9 Å². The van der Waals surface area contributed by atoms with Gasteiger partial charge < -0.3 is 15.5 Å². The Labute approximate surface area is 95.6 Å². The molecule has 90 valence electrons. The summed E-state index contributed by atoms with van der Waals surface area (Å²) in [5, 5.41) is 0. The van der Waals surface area contributed by atoms with Gasteiger partial charge in [-0.05, 0) is 12.8 Å². The number of unbranched alkanes of at least 4 members (excludes halogenated alkanes) is 1. The molecular weight excluding hydrogens is 225 g/mol. The normalized spacial score (nSPS) is 13.7. The fraction of sp³-hybridized carbons (Fsp3) is 0.455. The summed E-state index contributed by atoms with van der Waals surface area (Å²) in [7, 11) is -3.82. The van der Waals surface area contributed by atoms with Gasteiger partial charge in [0.2, 0.25) is 0 Å². The fourth-order valence-corrected chi connectivity index (χ4v) is 2.24. The summed E-state index contributed by atoms with van der Waals surface area (Å²) in [6, 6.07) is 10.2. The molecule has 0 radical (unpaired) electrons. The highest BCUT2D eigenvalue weighted by Crippen LogP contribution is 2.35. The van der Waals surface area contributed by atoms with Gasteiger partial charge in [-0.25, -0.2) is 0 Å². The summed E-state index contributed by atoms with van der Waals surface area (Å²) in [6.07, 6.45) is 2.20. The van der Waals surface area contributed by atoms with Gasteiger partial charge in [0, 0.05) is 18.1 Å². The Morgan fingerprint density at radius 2 is 1.81 bits per heavy atom. The first-order valence-corrected chi connectivity index (χ1v) is 7.21. The second kappa shape index (κ2) is 6.16. The maximum absolute atomic E-state index is 10.6. The summed E-state index contributed by atoms with van der Waals surface area (Å²) in [5.74, 6) is 0. The van der Waals surface area contributed by atoms with E-state index in [2.05, 4.69) is 5.73 Å². The Morgan fingerprint density at radius 1 is 1.19 bits per heavy atom. The molecule has 0 amide bonds. The Morgan fingerprint density at radius 3 is 2.38 bits per heavy atom. The molecule has 5 heteroatoms. The molecule has 1 aromatic carbocycles. The van der Waals surface area contributed by atoms with Crippen LogP contribution in [0.1, 0.15) is 30.9 Å². The van der Waals surface area contributed by atoms with Crippen molar-refractivity contribution in [3.63, 3.8) is 0 Å². The summed E-state index contributed by atoms with van der Waals surface area (Å²) >= 11 is 0. The molecule has 1 aromatic rings. The van der Waals surface area contributed by atoms with E-state index in [1.165, 1.54) is 5.56 Å². The highest BCUT2D eigenvalue weighted by atomic mass is 31.2. The van der Waals surface area contributed by atoms with E-state index in [1.807, 2.05) is 30.3 Å². The van der Waals surface area contributed by atoms with Crippen molar-refractivity contribution in [2.75, 3.05) is 6.16 Å². The first-order valence-electron chi connectivity index (χ1n) is 5.41. The molecule has 0 aliphatic heterocycles. The van der Waals surface area contributed by atoms with Crippen LogP contribution in [0.4, 0.5) is 0 Å². The van der Waals surface area contributed by atoms with Gasteiger partial charge in [-0.3, -0.25) is 4.57 Å². The van der Waals surface area contributed by atoms with Crippen LogP contribution in [0.3, 0.4) is 0 Å². The maximum Gasteiger partial charge on any atom is 0.325 e. The predicted molar refractivity (Wildman–Crippen MR) is 62.8 cm³/mol. The monoisotopic (exact) mass is 244 g/mol. The Hall–Kier alpha value is -0.670. The highest BCUT2D eigenvalue weighted by Gasteiger charge is 2.13. The van der Waals surface area contributed by atoms with Crippen LogP contribution in [0.15, 0.2) is 30.3 Å². The molecule has 0 heterocycles. The van der Waals surface area contributed by atoms with Gasteiger partial charge in [0.25, 0.3) is 0 Å². The molecule has 0 saturated heterocycles. The molecule has 5 N–H and O–H groups in total. The topological polar surface area (TPSA) is 85.2 Å². The van der Waals surface area contributed by atoms with Gasteiger partial charge in [-0.15, -0.1) is 0 Å². The molecule has 0 aromatic heterocycles. The van der Waals surface area contributed by atoms with Crippen LogP contribution in [0.2, 0.25) is 0 Å². The van der Waals surface area contributed by atoms with Crippen molar-refractivity contribution >= 4 is 7.60 Å². The predicted octanol–water partition coefficient (Wildman–Crippen LogP) is 1.32. The van der Waals surface area contributed by atoms with Gasteiger partial charge in [0.05, 0.1) is 0 Å². The minimum atomic E-state index is -3.82. The van der Waals surface area contributed by atoms with Crippen LogP contribution in [0.25, 0.3) is 0 Å².